The van der Waals surface area contributed by atoms with Gasteiger partial charge in [0.05, 0.1) is 0 Å². The van der Waals surface area contributed by atoms with Gasteiger partial charge in [0.15, 0.2) is 0 Å². The Bertz CT molecular complexity index is 335. The Morgan fingerprint density at radius 3 is 2.47 bits per heavy atom. The van der Waals surface area contributed by atoms with Crippen molar-refractivity contribution in [1.29, 1.82) is 0 Å². The van der Waals surface area contributed by atoms with Crippen molar-refractivity contribution in [2.75, 3.05) is 0 Å². The maximum atomic E-state index is 12.2. The summed E-state index contributed by atoms with van der Waals surface area (Å²) in [5.41, 5.74) is 5.01. The molecule has 2 rings (SSSR count). The van der Waals surface area contributed by atoms with E-state index >= 15 is 0 Å². The number of rotatable bonds is 2. The molecule has 0 aliphatic heterocycles. The first-order valence-electron chi connectivity index (χ1n) is 5.63. The van der Waals surface area contributed by atoms with Crippen molar-refractivity contribution < 1.29 is 9.59 Å². The van der Waals surface area contributed by atoms with E-state index in [1.807, 2.05) is 0 Å². The predicted molar refractivity (Wildman–Crippen MR) is 56.9 cm³/mol. The molecule has 2 fully saturated rings. The molecule has 3 nitrogen and oxygen atoms in total. The summed E-state index contributed by atoms with van der Waals surface area (Å²) in [6.07, 6.45) is 2.27. The molecule has 3 heteroatoms. The van der Waals surface area contributed by atoms with E-state index in [-0.39, 0.29) is 34.9 Å². The first-order chi connectivity index (χ1) is 6.80. The number of ketones is 1. The zero-order valence-corrected chi connectivity index (χ0v) is 9.67. The highest BCUT2D eigenvalue weighted by Gasteiger charge is 2.65. The molecule has 0 unspecified atom stereocenters. The van der Waals surface area contributed by atoms with E-state index in [4.69, 9.17) is 5.73 Å². The van der Waals surface area contributed by atoms with Gasteiger partial charge >= 0.3 is 0 Å². The quantitative estimate of drug-likeness (QED) is 0.749. The fraction of sp³-hybridized carbons (Fsp3) is 0.833. The lowest BCUT2D eigenvalue weighted by atomic mass is 9.70. The Kier molecular flexibility index (Phi) is 2.01. The third kappa shape index (κ3) is 1.12. The molecule has 1 amide bonds. The van der Waals surface area contributed by atoms with Crippen LogP contribution in [0.1, 0.15) is 40.0 Å². The van der Waals surface area contributed by atoms with Gasteiger partial charge in [0, 0.05) is 17.8 Å². The van der Waals surface area contributed by atoms with E-state index < -0.39 is 0 Å². The van der Waals surface area contributed by atoms with Crippen LogP contribution >= 0.6 is 0 Å². The molecule has 0 aromatic carbocycles. The minimum Gasteiger partial charge on any atom is -0.370 e. The second-order valence-corrected chi connectivity index (χ2v) is 5.84. The molecular formula is C12H19NO2. The number of carbonyl (C=O) groups is 2. The number of fused-ring (bicyclic) bond motifs is 2. The van der Waals surface area contributed by atoms with E-state index in [2.05, 4.69) is 20.8 Å². The largest absolute Gasteiger partial charge is 0.370 e. The maximum Gasteiger partial charge on any atom is 0.218 e. The smallest absolute Gasteiger partial charge is 0.218 e. The van der Waals surface area contributed by atoms with Crippen LogP contribution in [0.3, 0.4) is 0 Å². The van der Waals surface area contributed by atoms with E-state index in [1.54, 1.807) is 0 Å². The van der Waals surface area contributed by atoms with E-state index in [0.29, 0.717) is 5.92 Å². The van der Waals surface area contributed by atoms with E-state index in [1.165, 1.54) is 0 Å². The van der Waals surface area contributed by atoms with Gasteiger partial charge in [-0.3, -0.25) is 9.59 Å². The van der Waals surface area contributed by atoms with Crippen molar-refractivity contribution in [2.24, 2.45) is 28.4 Å². The molecular weight excluding hydrogens is 190 g/mol. The molecule has 0 saturated heterocycles. The minimum absolute atomic E-state index is 0.0319. The Morgan fingerprint density at radius 2 is 2.07 bits per heavy atom. The molecule has 2 aliphatic rings. The monoisotopic (exact) mass is 209 g/mol. The summed E-state index contributed by atoms with van der Waals surface area (Å²) >= 11 is 0. The van der Waals surface area contributed by atoms with Crippen molar-refractivity contribution in [3.8, 4) is 0 Å². The molecule has 2 aliphatic carbocycles. The molecule has 0 aromatic rings. The lowest BCUT2D eigenvalue weighted by Crippen LogP contribution is -2.34. The molecule has 2 bridgehead atoms. The van der Waals surface area contributed by atoms with Crippen LogP contribution in [-0.4, -0.2) is 11.7 Å². The first kappa shape index (κ1) is 10.7. The summed E-state index contributed by atoms with van der Waals surface area (Å²) in [6, 6.07) is 0. The van der Waals surface area contributed by atoms with Crippen molar-refractivity contribution in [2.45, 2.75) is 40.0 Å². The number of amides is 1. The summed E-state index contributed by atoms with van der Waals surface area (Å²) in [6.45, 7) is 6.36. The van der Waals surface area contributed by atoms with Crippen molar-refractivity contribution in [1.82, 2.24) is 0 Å². The normalized spacial score (nSPS) is 42.2. The Labute approximate surface area is 90.4 Å². The highest BCUT2D eigenvalue weighted by atomic mass is 16.1. The molecule has 0 radical (unpaired) electrons. The van der Waals surface area contributed by atoms with Gasteiger partial charge in [-0.2, -0.15) is 0 Å². The number of primary amides is 1. The SMILES string of the molecule is CC1(C)[C@H]2CC[C@]1(C)C(=O)[C@@H]2CC(N)=O. The topological polar surface area (TPSA) is 60.2 Å². The number of Topliss-reactive ketones (excluding diaryl/α,β-unsaturated/α-hetero) is 1. The van der Waals surface area contributed by atoms with Gasteiger partial charge in [0.1, 0.15) is 5.78 Å². The zero-order chi connectivity index (χ0) is 11.4. The maximum absolute atomic E-state index is 12.2. The molecule has 0 heterocycles. The second kappa shape index (κ2) is 2.83. The molecule has 3 atom stereocenters. The molecule has 0 spiro atoms. The lowest BCUT2D eigenvalue weighted by Gasteiger charge is -2.32. The molecule has 84 valence electrons. The van der Waals surface area contributed by atoms with Crippen LogP contribution in [0.4, 0.5) is 0 Å². The van der Waals surface area contributed by atoms with Crippen molar-refractivity contribution in [3.05, 3.63) is 0 Å². The summed E-state index contributed by atoms with van der Waals surface area (Å²) in [7, 11) is 0. The molecule has 15 heavy (non-hydrogen) atoms. The standard InChI is InChI=1S/C12H19NO2/c1-11(2)8-4-5-12(11,3)10(15)7(8)6-9(13)14/h7-8H,4-6H2,1-3H3,(H2,13,14)/t7-,8+,12-/m1/s1. The summed E-state index contributed by atoms with van der Waals surface area (Å²) < 4.78 is 0. The van der Waals surface area contributed by atoms with E-state index in [9.17, 15) is 9.59 Å². The van der Waals surface area contributed by atoms with E-state index in [0.717, 1.165) is 12.8 Å². The second-order valence-electron chi connectivity index (χ2n) is 5.84. The highest BCUT2D eigenvalue weighted by molar-refractivity contribution is 5.94. The molecule has 2 N–H and O–H groups in total. The molecule has 0 aromatic heterocycles. The van der Waals surface area contributed by atoms with Gasteiger partial charge in [-0.15, -0.1) is 0 Å². The van der Waals surface area contributed by atoms with Gasteiger partial charge in [0.25, 0.3) is 0 Å². The summed E-state index contributed by atoms with van der Waals surface area (Å²) in [4.78, 5) is 23.2. The fourth-order valence-corrected chi connectivity index (χ4v) is 3.72. The van der Waals surface area contributed by atoms with Gasteiger partial charge < -0.3 is 5.73 Å². The fourth-order valence-electron chi connectivity index (χ4n) is 3.72. The lowest BCUT2D eigenvalue weighted by molar-refractivity contribution is -0.134. The first-order valence-corrected chi connectivity index (χ1v) is 5.63. The third-order valence-corrected chi connectivity index (χ3v) is 5.09. The molecule has 2 saturated carbocycles. The zero-order valence-electron chi connectivity index (χ0n) is 9.67. The predicted octanol–water partition coefficient (Wildman–Crippen LogP) is 1.50. The Morgan fingerprint density at radius 1 is 1.47 bits per heavy atom. The van der Waals surface area contributed by atoms with Gasteiger partial charge in [0.2, 0.25) is 5.91 Å². The average molecular weight is 209 g/mol. The third-order valence-electron chi connectivity index (χ3n) is 5.09. The van der Waals surface area contributed by atoms with Crippen LogP contribution in [0.25, 0.3) is 0 Å². The number of hydrogen-bond donors (Lipinski definition) is 1. The minimum atomic E-state index is -0.347. The van der Waals surface area contributed by atoms with Crippen LogP contribution in [0.15, 0.2) is 0 Å². The van der Waals surface area contributed by atoms with Gasteiger partial charge in [-0.25, -0.2) is 0 Å². The van der Waals surface area contributed by atoms with Crippen molar-refractivity contribution >= 4 is 11.7 Å². The summed E-state index contributed by atoms with van der Waals surface area (Å²) in [5.74, 6) is 0.154. The average Bonchev–Trinajstić information content (AvgIpc) is 2.40. The van der Waals surface area contributed by atoms with Crippen LogP contribution in [0.5, 0.6) is 0 Å². The van der Waals surface area contributed by atoms with Gasteiger partial charge in [-0.1, -0.05) is 20.8 Å². The van der Waals surface area contributed by atoms with Crippen LogP contribution in [0, 0.1) is 22.7 Å². The highest BCUT2D eigenvalue weighted by Crippen LogP contribution is 2.66. The Balaban J connectivity index is 2.34. The number of carbonyl (C=O) groups excluding carboxylic acids is 2. The van der Waals surface area contributed by atoms with Crippen LogP contribution < -0.4 is 5.73 Å². The summed E-state index contributed by atoms with van der Waals surface area (Å²) in [5, 5.41) is 0. The van der Waals surface area contributed by atoms with Crippen molar-refractivity contribution in [3.63, 3.8) is 0 Å². The number of hydrogen-bond acceptors (Lipinski definition) is 2. The van der Waals surface area contributed by atoms with Crippen LogP contribution in [-0.2, 0) is 9.59 Å². The van der Waals surface area contributed by atoms with Gasteiger partial charge in [-0.05, 0) is 24.2 Å². The number of nitrogens with two attached hydrogens (primary N) is 1. The van der Waals surface area contributed by atoms with Crippen LogP contribution in [0.2, 0.25) is 0 Å². The Hall–Kier alpha value is -0.860.